The van der Waals surface area contributed by atoms with E-state index in [1.807, 2.05) is 0 Å². The summed E-state index contributed by atoms with van der Waals surface area (Å²) in [6.45, 7) is 0.0892. The summed E-state index contributed by atoms with van der Waals surface area (Å²) in [7, 11) is 0.867. The van der Waals surface area contributed by atoms with Crippen LogP contribution in [0.4, 0.5) is 17.6 Å². The first-order valence-electron chi connectivity index (χ1n) is 12.2. The molecule has 39 heavy (non-hydrogen) atoms. The number of rotatable bonds is 5. The third-order valence-corrected chi connectivity index (χ3v) is 7.07. The number of fused-ring (bicyclic) bond motifs is 2. The molecular weight excluding hydrogens is 526 g/mol. The van der Waals surface area contributed by atoms with Crippen LogP contribution in [0.25, 0.3) is 0 Å². The first kappa shape index (κ1) is 28.0. The molecule has 14 heteroatoms. The van der Waals surface area contributed by atoms with Crippen molar-refractivity contribution < 1.29 is 37.1 Å². The van der Waals surface area contributed by atoms with Crippen LogP contribution in [0.2, 0.25) is 0 Å². The highest BCUT2D eigenvalue weighted by Crippen LogP contribution is 2.40. The lowest BCUT2D eigenvalue weighted by Crippen LogP contribution is -2.50. The number of alkyl halides is 3. The second kappa shape index (κ2) is 10.7. The summed E-state index contributed by atoms with van der Waals surface area (Å²) >= 11 is 0. The quantitative estimate of drug-likeness (QED) is 0.382. The zero-order valence-corrected chi connectivity index (χ0v) is 21.1. The minimum atomic E-state index is -4.68. The molecule has 0 radical (unpaired) electrons. The van der Waals surface area contributed by atoms with Gasteiger partial charge in [-0.2, -0.15) is 13.2 Å². The van der Waals surface area contributed by atoms with Gasteiger partial charge in [-0.1, -0.05) is 12.1 Å². The van der Waals surface area contributed by atoms with Crippen molar-refractivity contribution in [3.05, 3.63) is 57.0 Å². The van der Waals surface area contributed by atoms with Crippen LogP contribution in [0.1, 0.15) is 52.6 Å². The molecule has 3 amide bonds. The summed E-state index contributed by atoms with van der Waals surface area (Å²) in [5, 5.41) is 15.5. The maximum atomic E-state index is 13.5. The number of aromatic nitrogens is 2. The van der Waals surface area contributed by atoms with Gasteiger partial charge in [0.25, 0.3) is 11.5 Å². The number of benzene rings is 1. The zero-order valence-electron chi connectivity index (χ0n) is 21.1. The van der Waals surface area contributed by atoms with Crippen molar-refractivity contribution in [2.45, 2.75) is 57.4 Å². The monoisotopic (exact) mass is 553 g/mol. The van der Waals surface area contributed by atoms with E-state index in [1.165, 1.54) is 22.8 Å². The van der Waals surface area contributed by atoms with Crippen LogP contribution in [0.15, 0.2) is 23.0 Å². The van der Waals surface area contributed by atoms with E-state index in [-0.39, 0.29) is 29.7 Å². The lowest BCUT2D eigenvalue weighted by molar-refractivity contribution is -0.162. The van der Waals surface area contributed by atoms with Crippen LogP contribution < -0.4 is 16.2 Å². The Hall–Kier alpha value is -3.97. The first-order valence-corrected chi connectivity index (χ1v) is 12.2. The van der Waals surface area contributed by atoms with E-state index < -0.39 is 65.2 Å². The smallest absolute Gasteiger partial charge is 0.406 e. The van der Waals surface area contributed by atoms with Crippen molar-refractivity contribution in [2.75, 3.05) is 13.6 Å². The fraction of sp³-hybridized carbons (Fsp3) is 0.480. The zero-order chi connectivity index (χ0) is 28.6. The second-order valence-electron chi connectivity index (χ2n) is 9.99. The van der Waals surface area contributed by atoms with E-state index in [2.05, 4.69) is 15.6 Å². The van der Waals surface area contributed by atoms with E-state index in [4.69, 9.17) is 0 Å². The van der Waals surface area contributed by atoms with Crippen LogP contribution in [0.5, 0.6) is 5.75 Å². The number of hydrogen-bond acceptors (Lipinski definition) is 6. The standard InChI is InChI=1S/C25H27F4N5O5/c1-12-7-13(4-6-16(12)26)9-30-21(36)18-19(35)23(38)34-10-14-3-5-15(20(34)32-18)17(8-14)31-22(37)24(39)33(2)11-25(27,28)29/h4,6-7,14-15,17,35H,3,5,8-11H2,1-2H3,(H,30,36)(H,31,37). The number of amides is 3. The second-order valence-corrected chi connectivity index (χ2v) is 9.99. The summed E-state index contributed by atoms with van der Waals surface area (Å²) in [6.07, 6.45) is -3.30. The molecule has 0 saturated heterocycles. The molecule has 5 rings (SSSR count). The van der Waals surface area contributed by atoms with Crippen LogP contribution in [0, 0.1) is 18.7 Å². The molecule has 1 aromatic heterocycles. The Morgan fingerprint density at radius 2 is 1.95 bits per heavy atom. The van der Waals surface area contributed by atoms with Crippen molar-refractivity contribution in [2.24, 2.45) is 5.92 Å². The van der Waals surface area contributed by atoms with E-state index in [0.29, 0.717) is 30.4 Å². The van der Waals surface area contributed by atoms with Gasteiger partial charge in [-0.25, -0.2) is 9.37 Å². The maximum absolute atomic E-state index is 13.5. The summed E-state index contributed by atoms with van der Waals surface area (Å²) in [4.78, 5) is 55.2. The molecule has 0 spiro atoms. The average molecular weight is 554 g/mol. The number of carbonyl (C=O) groups is 3. The fourth-order valence-corrected chi connectivity index (χ4v) is 5.16. The van der Waals surface area contributed by atoms with Gasteiger partial charge in [0.2, 0.25) is 5.75 Å². The topological polar surface area (TPSA) is 134 Å². The number of halogens is 4. The molecule has 1 fully saturated rings. The lowest BCUT2D eigenvalue weighted by atomic mass is 9.79. The van der Waals surface area contributed by atoms with Gasteiger partial charge >= 0.3 is 18.0 Å². The number of nitrogens with one attached hydrogen (secondary N) is 2. The number of aryl methyl sites for hydroxylation is 1. The van der Waals surface area contributed by atoms with Gasteiger partial charge in [0, 0.05) is 32.1 Å². The molecule has 1 saturated carbocycles. The molecule has 3 unspecified atom stereocenters. The molecule has 2 aromatic rings. The van der Waals surface area contributed by atoms with Crippen molar-refractivity contribution in [3.63, 3.8) is 0 Å². The number of nitrogens with zero attached hydrogens (tertiary/aromatic N) is 3. The molecular formula is C25H27F4N5O5. The Labute approximate surface area is 220 Å². The maximum Gasteiger partial charge on any atom is 0.406 e. The summed E-state index contributed by atoms with van der Waals surface area (Å²) in [5.74, 6) is -5.34. The molecule has 3 aliphatic rings. The highest BCUT2D eigenvalue weighted by molar-refractivity contribution is 6.35. The van der Waals surface area contributed by atoms with Gasteiger partial charge in [-0.05, 0) is 49.3 Å². The van der Waals surface area contributed by atoms with Crippen LogP contribution >= 0.6 is 0 Å². The van der Waals surface area contributed by atoms with Gasteiger partial charge in [-0.3, -0.25) is 23.7 Å². The summed E-state index contributed by atoms with van der Waals surface area (Å²) in [6, 6.07) is 3.52. The minimum absolute atomic E-state index is 0.0305. The van der Waals surface area contributed by atoms with E-state index in [0.717, 1.165) is 7.05 Å². The number of likely N-dealkylation sites (N-methyl/N-ethyl adjacent to an activating group) is 1. The largest absolute Gasteiger partial charge is 0.501 e. The Balaban J connectivity index is 1.56. The third kappa shape index (κ3) is 6.04. The van der Waals surface area contributed by atoms with Gasteiger partial charge in [0.05, 0.1) is 0 Å². The van der Waals surface area contributed by atoms with Crippen molar-refractivity contribution in [1.29, 1.82) is 0 Å². The van der Waals surface area contributed by atoms with Crippen molar-refractivity contribution >= 4 is 17.7 Å². The van der Waals surface area contributed by atoms with Gasteiger partial charge in [-0.15, -0.1) is 0 Å². The van der Waals surface area contributed by atoms with Crippen molar-refractivity contribution in [3.8, 4) is 5.75 Å². The third-order valence-electron chi connectivity index (χ3n) is 7.07. The number of aromatic hydroxyl groups is 1. The molecule has 3 heterocycles. The van der Waals surface area contributed by atoms with Crippen LogP contribution in [-0.2, 0) is 22.7 Å². The molecule has 1 aliphatic carbocycles. The molecule has 1 aromatic carbocycles. The Morgan fingerprint density at radius 1 is 1.23 bits per heavy atom. The van der Waals surface area contributed by atoms with E-state index in [9.17, 15) is 41.8 Å². The SMILES string of the molecule is Cc1cc(CNC(=O)c2nc3n(c(=O)c2O)CC2CCC3C(NC(=O)C(=O)N(C)CC(F)(F)F)C2)ccc1F. The number of carbonyl (C=O) groups excluding carboxylic acids is 3. The highest BCUT2D eigenvalue weighted by atomic mass is 19.4. The normalized spacial score (nSPS) is 20.1. The van der Waals surface area contributed by atoms with Crippen LogP contribution in [0.3, 0.4) is 0 Å². The lowest BCUT2D eigenvalue weighted by Gasteiger charge is -2.32. The highest BCUT2D eigenvalue weighted by Gasteiger charge is 2.41. The minimum Gasteiger partial charge on any atom is -0.501 e. The van der Waals surface area contributed by atoms with Crippen LogP contribution in [-0.4, -0.2) is 63.1 Å². The van der Waals surface area contributed by atoms with Crippen molar-refractivity contribution in [1.82, 2.24) is 25.1 Å². The predicted molar refractivity (Wildman–Crippen MR) is 128 cm³/mol. The fourth-order valence-electron chi connectivity index (χ4n) is 5.16. The molecule has 2 aliphatic heterocycles. The van der Waals surface area contributed by atoms with Gasteiger partial charge < -0.3 is 20.6 Å². The average Bonchev–Trinajstić information content (AvgIpc) is 3.12. The molecule has 210 valence electrons. The Bertz CT molecular complexity index is 1380. The Morgan fingerprint density at radius 3 is 2.62 bits per heavy atom. The first-order chi connectivity index (χ1) is 18.2. The summed E-state index contributed by atoms with van der Waals surface area (Å²) in [5.41, 5.74) is -0.415. The van der Waals surface area contributed by atoms with E-state index in [1.54, 1.807) is 6.92 Å². The predicted octanol–water partition coefficient (Wildman–Crippen LogP) is 1.73. The molecule has 10 nitrogen and oxygen atoms in total. The molecule has 3 N–H and O–H groups in total. The van der Waals surface area contributed by atoms with Gasteiger partial charge in [0.1, 0.15) is 18.2 Å². The summed E-state index contributed by atoms with van der Waals surface area (Å²) < 4.78 is 52.7. The molecule has 3 atom stereocenters. The van der Waals surface area contributed by atoms with Gasteiger partial charge in [0.15, 0.2) is 5.69 Å². The Kier molecular flexibility index (Phi) is 7.66. The number of hydrogen-bond donors (Lipinski definition) is 3. The van der Waals surface area contributed by atoms with E-state index >= 15 is 0 Å². The molecule has 2 bridgehead atoms.